The smallest absolute Gasteiger partial charge is 0.272 e. The summed E-state index contributed by atoms with van der Waals surface area (Å²) in [5.41, 5.74) is 2.27. The molecule has 0 spiro atoms. The monoisotopic (exact) mass is 338 g/mol. The molecule has 0 N–H and O–H groups in total. The van der Waals surface area contributed by atoms with Crippen LogP contribution in [0.25, 0.3) is 11.3 Å². The Morgan fingerprint density at radius 3 is 2.40 bits per heavy atom. The van der Waals surface area contributed by atoms with Crippen LogP contribution in [0.15, 0.2) is 36.4 Å². The number of rotatable bonds is 3. The van der Waals surface area contributed by atoms with E-state index in [1.165, 1.54) is 0 Å². The van der Waals surface area contributed by atoms with E-state index in [4.69, 9.17) is 9.72 Å². The summed E-state index contributed by atoms with van der Waals surface area (Å²) < 4.78 is 5.35. The van der Waals surface area contributed by atoms with Crippen molar-refractivity contribution in [3.05, 3.63) is 42.1 Å². The fourth-order valence-corrected chi connectivity index (χ4v) is 3.29. The quantitative estimate of drug-likeness (QED) is 0.859. The van der Waals surface area contributed by atoms with Crippen molar-refractivity contribution in [2.24, 2.45) is 0 Å². The highest BCUT2D eigenvalue weighted by Crippen LogP contribution is 2.23. The summed E-state index contributed by atoms with van der Waals surface area (Å²) in [6, 6.07) is 11.8. The lowest BCUT2D eigenvalue weighted by Gasteiger charge is -2.27. The third-order valence-corrected chi connectivity index (χ3v) is 4.69. The van der Waals surface area contributed by atoms with E-state index < -0.39 is 0 Å². The fraction of sp³-hybridized carbons (Fsp3) is 0.421. The molecule has 2 aliphatic rings. The number of benzene rings is 1. The van der Waals surface area contributed by atoms with Crippen molar-refractivity contribution in [2.45, 2.75) is 12.8 Å². The number of anilines is 1. The van der Waals surface area contributed by atoms with Gasteiger partial charge in [-0.2, -0.15) is 0 Å². The molecule has 1 aromatic carbocycles. The maximum Gasteiger partial charge on any atom is 0.272 e. The average molecular weight is 338 g/mol. The lowest BCUT2D eigenvalue weighted by molar-refractivity contribution is 0.0299. The minimum atomic E-state index is -0.0386. The molecule has 0 atom stereocenters. The van der Waals surface area contributed by atoms with E-state index in [0.717, 1.165) is 37.2 Å². The first-order chi connectivity index (χ1) is 12.3. The van der Waals surface area contributed by atoms with E-state index in [9.17, 15) is 4.79 Å². The lowest BCUT2D eigenvalue weighted by atomic mass is 10.1. The predicted octanol–water partition coefficient (Wildman–Crippen LogP) is 2.22. The van der Waals surface area contributed by atoms with E-state index in [1.807, 2.05) is 41.3 Å². The van der Waals surface area contributed by atoms with Crippen LogP contribution in [0.5, 0.6) is 0 Å². The largest absolute Gasteiger partial charge is 0.378 e. The van der Waals surface area contributed by atoms with Crippen molar-refractivity contribution in [1.29, 1.82) is 0 Å². The van der Waals surface area contributed by atoms with Gasteiger partial charge in [0.2, 0.25) is 5.95 Å². The van der Waals surface area contributed by atoms with Crippen LogP contribution in [-0.2, 0) is 4.74 Å². The topological polar surface area (TPSA) is 58.6 Å². The van der Waals surface area contributed by atoms with Gasteiger partial charge in [-0.1, -0.05) is 30.3 Å². The summed E-state index contributed by atoms with van der Waals surface area (Å²) in [4.78, 5) is 26.2. The highest BCUT2D eigenvalue weighted by Gasteiger charge is 2.23. The number of hydrogen-bond acceptors (Lipinski definition) is 5. The third kappa shape index (κ3) is 3.49. The van der Waals surface area contributed by atoms with Crippen molar-refractivity contribution in [3.63, 3.8) is 0 Å². The molecule has 4 rings (SSSR count). The van der Waals surface area contributed by atoms with Gasteiger partial charge in [-0.15, -0.1) is 0 Å². The molecule has 25 heavy (non-hydrogen) atoms. The molecule has 6 heteroatoms. The third-order valence-electron chi connectivity index (χ3n) is 4.69. The molecular weight excluding hydrogens is 316 g/mol. The Morgan fingerprint density at radius 2 is 1.68 bits per heavy atom. The number of hydrogen-bond donors (Lipinski definition) is 0. The molecule has 1 amide bonds. The zero-order chi connectivity index (χ0) is 17.1. The first-order valence-corrected chi connectivity index (χ1v) is 8.88. The van der Waals surface area contributed by atoms with Crippen LogP contribution >= 0.6 is 0 Å². The second kappa shape index (κ2) is 7.19. The van der Waals surface area contributed by atoms with Gasteiger partial charge in [0.05, 0.1) is 18.9 Å². The molecule has 6 nitrogen and oxygen atoms in total. The van der Waals surface area contributed by atoms with Crippen molar-refractivity contribution in [2.75, 3.05) is 44.3 Å². The maximum absolute atomic E-state index is 12.9. The van der Waals surface area contributed by atoms with Gasteiger partial charge in [-0.25, -0.2) is 9.97 Å². The van der Waals surface area contributed by atoms with Crippen molar-refractivity contribution < 1.29 is 9.53 Å². The summed E-state index contributed by atoms with van der Waals surface area (Å²) in [6.45, 7) is 4.29. The van der Waals surface area contributed by atoms with E-state index in [1.54, 1.807) is 0 Å². The van der Waals surface area contributed by atoms with Gasteiger partial charge in [0, 0.05) is 31.7 Å². The Bertz CT molecular complexity index is 738. The highest BCUT2D eigenvalue weighted by molar-refractivity contribution is 5.93. The summed E-state index contributed by atoms with van der Waals surface area (Å²) in [5, 5.41) is 0. The van der Waals surface area contributed by atoms with Crippen LogP contribution < -0.4 is 4.90 Å². The summed E-state index contributed by atoms with van der Waals surface area (Å²) in [7, 11) is 0. The minimum Gasteiger partial charge on any atom is -0.378 e. The van der Waals surface area contributed by atoms with Gasteiger partial charge in [0.1, 0.15) is 5.69 Å². The molecule has 1 aromatic heterocycles. The molecule has 0 unspecified atom stereocenters. The van der Waals surface area contributed by atoms with Crippen LogP contribution in [0.2, 0.25) is 0 Å². The number of nitrogens with zero attached hydrogens (tertiary/aromatic N) is 4. The van der Waals surface area contributed by atoms with Gasteiger partial charge in [0.15, 0.2) is 0 Å². The molecular formula is C19H22N4O2. The van der Waals surface area contributed by atoms with E-state index in [0.29, 0.717) is 37.9 Å². The van der Waals surface area contributed by atoms with E-state index in [2.05, 4.69) is 9.88 Å². The van der Waals surface area contributed by atoms with Crippen molar-refractivity contribution in [3.8, 4) is 11.3 Å². The zero-order valence-corrected chi connectivity index (χ0v) is 14.2. The first kappa shape index (κ1) is 16.0. The van der Waals surface area contributed by atoms with Crippen LogP contribution in [0.4, 0.5) is 5.95 Å². The molecule has 130 valence electrons. The van der Waals surface area contributed by atoms with E-state index in [-0.39, 0.29) is 5.91 Å². The minimum absolute atomic E-state index is 0.0386. The maximum atomic E-state index is 12.9. The normalized spacial score (nSPS) is 17.8. The van der Waals surface area contributed by atoms with E-state index >= 15 is 0 Å². The van der Waals surface area contributed by atoms with Crippen LogP contribution in [-0.4, -0.2) is 60.2 Å². The van der Waals surface area contributed by atoms with Crippen LogP contribution in [0.3, 0.4) is 0 Å². The molecule has 0 radical (unpaired) electrons. The second-order valence-electron chi connectivity index (χ2n) is 6.40. The molecule has 2 aromatic rings. The Morgan fingerprint density at radius 1 is 0.960 bits per heavy atom. The molecule has 3 heterocycles. The fourth-order valence-electron chi connectivity index (χ4n) is 3.29. The van der Waals surface area contributed by atoms with Gasteiger partial charge in [-0.05, 0) is 18.9 Å². The zero-order valence-electron chi connectivity index (χ0n) is 14.2. The summed E-state index contributed by atoms with van der Waals surface area (Å²) in [6.07, 6.45) is 2.29. The summed E-state index contributed by atoms with van der Waals surface area (Å²) in [5.74, 6) is 0.624. The molecule has 2 saturated heterocycles. The summed E-state index contributed by atoms with van der Waals surface area (Å²) >= 11 is 0. The highest BCUT2D eigenvalue weighted by atomic mass is 16.5. The van der Waals surface area contributed by atoms with Gasteiger partial charge < -0.3 is 14.5 Å². The number of ether oxygens (including phenoxy) is 1. The number of carbonyl (C=O) groups is 1. The number of amides is 1. The molecule has 0 bridgehead atoms. The Balaban J connectivity index is 1.71. The molecule has 2 fully saturated rings. The number of morpholine rings is 1. The predicted molar refractivity (Wildman–Crippen MR) is 95.6 cm³/mol. The van der Waals surface area contributed by atoms with Crippen LogP contribution in [0, 0.1) is 0 Å². The van der Waals surface area contributed by atoms with Crippen molar-refractivity contribution in [1.82, 2.24) is 14.9 Å². The van der Waals surface area contributed by atoms with Crippen LogP contribution in [0.1, 0.15) is 23.3 Å². The number of carbonyl (C=O) groups excluding carboxylic acids is 1. The van der Waals surface area contributed by atoms with Crippen molar-refractivity contribution >= 4 is 11.9 Å². The molecule has 0 aliphatic carbocycles. The average Bonchev–Trinajstić information content (AvgIpc) is 3.23. The first-order valence-electron chi connectivity index (χ1n) is 8.88. The van der Waals surface area contributed by atoms with Gasteiger partial charge >= 0.3 is 0 Å². The molecule has 2 aliphatic heterocycles. The van der Waals surface area contributed by atoms with Gasteiger partial charge in [-0.3, -0.25) is 4.79 Å². The lowest BCUT2D eigenvalue weighted by Crippen LogP contribution is -2.41. The Kier molecular flexibility index (Phi) is 4.61. The second-order valence-corrected chi connectivity index (χ2v) is 6.40. The Hall–Kier alpha value is -2.47. The molecule has 0 saturated carbocycles. The Labute approximate surface area is 147 Å². The number of aromatic nitrogens is 2. The van der Waals surface area contributed by atoms with Gasteiger partial charge in [0.25, 0.3) is 5.91 Å². The SMILES string of the molecule is O=C(c1cc(-c2ccccc2)nc(N2CCCC2)n1)N1CCOCC1. The standard InChI is InChI=1S/C19H22N4O2/c24-18(22-10-12-25-13-11-22)17-14-16(15-6-2-1-3-7-15)20-19(21-17)23-8-4-5-9-23/h1-3,6-7,14H,4-5,8-13H2.